The van der Waals surface area contributed by atoms with Gasteiger partial charge < -0.3 is 14.5 Å². The number of nitrogens with one attached hydrogen (secondary N) is 1. The van der Waals surface area contributed by atoms with Gasteiger partial charge in [-0.2, -0.15) is 0 Å². The van der Waals surface area contributed by atoms with Crippen LogP contribution in [-0.4, -0.2) is 4.98 Å². The molecular formula is C17H14N2O2. The molecule has 1 aliphatic heterocycles. The maximum Gasteiger partial charge on any atom is 0.225 e. The van der Waals surface area contributed by atoms with Gasteiger partial charge in [0.15, 0.2) is 11.3 Å². The average molecular weight is 278 g/mol. The Morgan fingerprint density at radius 2 is 1.86 bits per heavy atom. The Bertz CT molecular complexity index is 878. The van der Waals surface area contributed by atoms with Crippen molar-refractivity contribution in [2.24, 2.45) is 0 Å². The number of ether oxygens (including phenoxy) is 1. The van der Waals surface area contributed by atoms with E-state index in [-0.39, 0.29) is 0 Å². The molecule has 0 atom stereocenters. The zero-order valence-corrected chi connectivity index (χ0v) is 11.8. The van der Waals surface area contributed by atoms with Gasteiger partial charge in [-0.1, -0.05) is 24.3 Å². The van der Waals surface area contributed by atoms with Gasteiger partial charge in [0.05, 0.1) is 11.8 Å². The molecule has 0 unspecified atom stereocenters. The minimum atomic E-state index is 0.534. The maximum absolute atomic E-state index is 5.77. The lowest BCUT2D eigenvalue weighted by Gasteiger charge is -1.98. The Labute approximate surface area is 122 Å². The van der Waals surface area contributed by atoms with E-state index in [1.54, 1.807) is 6.08 Å². The van der Waals surface area contributed by atoms with E-state index in [1.807, 2.05) is 50.2 Å². The van der Waals surface area contributed by atoms with Gasteiger partial charge >= 0.3 is 0 Å². The SMILES string of the molecule is Cc1cccc2c1NC(=Cc1nc3c(C)cccc3o1)O2. The maximum atomic E-state index is 5.77. The fourth-order valence-electron chi connectivity index (χ4n) is 2.50. The van der Waals surface area contributed by atoms with Crippen molar-refractivity contribution in [3.8, 4) is 5.75 Å². The summed E-state index contributed by atoms with van der Waals surface area (Å²) >= 11 is 0. The van der Waals surface area contributed by atoms with E-state index < -0.39 is 0 Å². The number of hydrogen-bond donors (Lipinski definition) is 1. The molecule has 4 rings (SSSR count). The Kier molecular flexibility index (Phi) is 2.51. The van der Waals surface area contributed by atoms with Crippen molar-refractivity contribution in [2.75, 3.05) is 5.32 Å². The van der Waals surface area contributed by atoms with Crippen LogP contribution >= 0.6 is 0 Å². The topological polar surface area (TPSA) is 47.3 Å². The fourth-order valence-corrected chi connectivity index (χ4v) is 2.50. The van der Waals surface area contributed by atoms with Gasteiger partial charge in [0.1, 0.15) is 5.52 Å². The number of para-hydroxylation sites is 2. The van der Waals surface area contributed by atoms with E-state index in [0.29, 0.717) is 11.8 Å². The minimum Gasteiger partial charge on any atom is -0.439 e. The summed E-state index contributed by atoms with van der Waals surface area (Å²) in [4.78, 5) is 4.50. The Balaban J connectivity index is 1.72. The molecule has 1 aliphatic rings. The van der Waals surface area contributed by atoms with Gasteiger partial charge in [0.25, 0.3) is 0 Å². The summed E-state index contributed by atoms with van der Waals surface area (Å²) in [5, 5.41) is 3.25. The van der Waals surface area contributed by atoms with E-state index in [4.69, 9.17) is 9.15 Å². The zero-order chi connectivity index (χ0) is 14.4. The van der Waals surface area contributed by atoms with Crippen LogP contribution in [0, 0.1) is 13.8 Å². The van der Waals surface area contributed by atoms with Crippen molar-refractivity contribution in [1.29, 1.82) is 0 Å². The summed E-state index contributed by atoms with van der Waals surface area (Å²) in [5.74, 6) is 1.99. The van der Waals surface area contributed by atoms with Gasteiger partial charge in [0.2, 0.25) is 11.8 Å². The lowest BCUT2D eigenvalue weighted by Crippen LogP contribution is -1.96. The molecule has 1 N–H and O–H groups in total. The van der Waals surface area contributed by atoms with Gasteiger partial charge in [-0.15, -0.1) is 0 Å². The van der Waals surface area contributed by atoms with Crippen molar-refractivity contribution in [1.82, 2.24) is 4.98 Å². The molecule has 0 radical (unpaired) electrons. The second-order valence-electron chi connectivity index (χ2n) is 5.16. The fraction of sp³-hybridized carbons (Fsp3) is 0.118. The Morgan fingerprint density at radius 1 is 1.05 bits per heavy atom. The number of aromatic nitrogens is 1. The van der Waals surface area contributed by atoms with E-state index in [1.165, 1.54) is 0 Å². The second kappa shape index (κ2) is 4.38. The molecule has 3 aromatic rings. The van der Waals surface area contributed by atoms with Crippen LogP contribution in [0.2, 0.25) is 0 Å². The number of nitrogens with zero attached hydrogens (tertiary/aromatic N) is 1. The molecule has 21 heavy (non-hydrogen) atoms. The van der Waals surface area contributed by atoms with E-state index in [9.17, 15) is 0 Å². The van der Waals surface area contributed by atoms with Crippen LogP contribution in [0.1, 0.15) is 17.0 Å². The van der Waals surface area contributed by atoms with Gasteiger partial charge in [0, 0.05) is 0 Å². The molecule has 104 valence electrons. The molecule has 4 nitrogen and oxygen atoms in total. The number of anilines is 1. The van der Waals surface area contributed by atoms with Crippen molar-refractivity contribution in [3.05, 3.63) is 59.3 Å². The van der Waals surface area contributed by atoms with Crippen LogP contribution in [-0.2, 0) is 0 Å². The third-order valence-electron chi connectivity index (χ3n) is 3.59. The molecule has 0 saturated carbocycles. The number of fused-ring (bicyclic) bond motifs is 2. The van der Waals surface area contributed by atoms with E-state index in [2.05, 4.69) is 10.3 Å². The highest BCUT2D eigenvalue weighted by atomic mass is 16.5. The lowest BCUT2D eigenvalue weighted by molar-refractivity contribution is 0.459. The van der Waals surface area contributed by atoms with Crippen LogP contribution in [0.15, 0.2) is 46.7 Å². The molecular weight excluding hydrogens is 264 g/mol. The van der Waals surface area contributed by atoms with Crippen molar-refractivity contribution in [2.45, 2.75) is 13.8 Å². The van der Waals surface area contributed by atoms with Crippen LogP contribution in [0.25, 0.3) is 17.2 Å². The summed E-state index contributed by atoms with van der Waals surface area (Å²) in [6.07, 6.45) is 1.78. The van der Waals surface area contributed by atoms with Crippen molar-refractivity contribution < 1.29 is 9.15 Å². The van der Waals surface area contributed by atoms with Crippen molar-refractivity contribution >= 4 is 22.9 Å². The van der Waals surface area contributed by atoms with Crippen LogP contribution in [0.4, 0.5) is 5.69 Å². The molecule has 0 saturated heterocycles. The van der Waals surface area contributed by atoms with E-state index in [0.717, 1.165) is 33.7 Å². The summed E-state index contributed by atoms with van der Waals surface area (Å²) in [7, 11) is 0. The molecule has 0 fully saturated rings. The quantitative estimate of drug-likeness (QED) is 0.723. The smallest absolute Gasteiger partial charge is 0.225 e. The highest BCUT2D eigenvalue weighted by molar-refractivity contribution is 5.78. The number of aryl methyl sites for hydroxylation is 2. The summed E-state index contributed by atoms with van der Waals surface area (Å²) in [5.41, 5.74) is 4.91. The number of benzene rings is 2. The first kappa shape index (κ1) is 12.0. The van der Waals surface area contributed by atoms with Gasteiger partial charge in [-0.3, -0.25) is 0 Å². The largest absolute Gasteiger partial charge is 0.439 e. The minimum absolute atomic E-state index is 0.534. The zero-order valence-electron chi connectivity index (χ0n) is 11.8. The van der Waals surface area contributed by atoms with E-state index >= 15 is 0 Å². The highest BCUT2D eigenvalue weighted by Crippen LogP contribution is 2.36. The Morgan fingerprint density at radius 3 is 2.67 bits per heavy atom. The third-order valence-corrected chi connectivity index (χ3v) is 3.59. The molecule has 4 heteroatoms. The van der Waals surface area contributed by atoms with Crippen LogP contribution < -0.4 is 10.1 Å². The molecule has 0 spiro atoms. The number of oxazole rings is 1. The monoisotopic (exact) mass is 278 g/mol. The predicted octanol–water partition coefficient (Wildman–Crippen LogP) is 4.25. The summed E-state index contributed by atoms with van der Waals surface area (Å²) in [6, 6.07) is 11.8. The first-order valence-electron chi connectivity index (χ1n) is 6.83. The molecule has 0 aliphatic carbocycles. The molecule has 2 heterocycles. The van der Waals surface area contributed by atoms with Crippen molar-refractivity contribution in [3.63, 3.8) is 0 Å². The highest BCUT2D eigenvalue weighted by Gasteiger charge is 2.19. The lowest BCUT2D eigenvalue weighted by atomic mass is 10.2. The Hall–Kier alpha value is -2.75. The van der Waals surface area contributed by atoms with Gasteiger partial charge in [-0.05, 0) is 37.1 Å². The first-order chi connectivity index (χ1) is 10.2. The van der Waals surface area contributed by atoms with Crippen LogP contribution in [0.5, 0.6) is 5.75 Å². The first-order valence-corrected chi connectivity index (χ1v) is 6.83. The molecule has 0 amide bonds. The second-order valence-corrected chi connectivity index (χ2v) is 5.16. The number of hydrogen-bond acceptors (Lipinski definition) is 4. The standard InChI is InChI=1S/C17H14N2O2/c1-10-5-3-7-12-16(10)18-14(20-12)9-15-19-17-11(2)6-4-8-13(17)21-15/h3-9,18H,1-2H3. The summed E-state index contributed by atoms with van der Waals surface area (Å²) in [6.45, 7) is 4.06. The predicted molar refractivity (Wildman–Crippen MR) is 82.2 cm³/mol. The average Bonchev–Trinajstić information content (AvgIpc) is 3.04. The normalized spacial score (nSPS) is 15.0. The van der Waals surface area contributed by atoms with Crippen LogP contribution in [0.3, 0.4) is 0 Å². The summed E-state index contributed by atoms with van der Waals surface area (Å²) < 4.78 is 11.5. The molecule has 0 bridgehead atoms. The number of rotatable bonds is 1. The third kappa shape index (κ3) is 1.96. The molecule has 1 aromatic heterocycles. The van der Waals surface area contributed by atoms with Gasteiger partial charge in [-0.25, -0.2) is 4.98 Å². The molecule has 2 aromatic carbocycles.